The van der Waals surface area contributed by atoms with Crippen molar-refractivity contribution in [3.63, 3.8) is 0 Å². The molecule has 0 bridgehead atoms. The molecule has 0 aliphatic heterocycles. The summed E-state index contributed by atoms with van der Waals surface area (Å²) in [6, 6.07) is 16.9. The average molecular weight is 369 g/mol. The molecule has 2 rings (SSSR count). The Morgan fingerprint density at radius 2 is 1.74 bits per heavy atom. The van der Waals surface area contributed by atoms with Gasteiger partial charge in [0.1, 0.15) is 5.75 Å². The Morgan fingerprint density at radius 1 is 1.04 bits per heavy atom. The summed E-state index contributed by atoms with van der Waals surface area (Å²) in [6.45, 7) is 4.89. The maximum atomic E-state index is 11.8. The summed E-state index contributed by atoms with van der Waals surface area (Å²) in [4.78, 5) is 23.4. The Morgan fingerprint density at radius 3 is 2.41 bits per heavy atom. The lowest BCUT2D eigenvalue weighted by molar-refractivity contribution is -0.123. The molecule has 1 atom stereocenters. The highest BCUT2D eigenvalue weighted by molar-refractivity contribution is 5.95. The third-order valence-corrected chi connectivity index (χ3v) is 4.15. The van der Waals surface area contributed by atoms with Crippen molar-refractivity contribution in [1.29, 1.82) is 0 Å². The Kier molecular flexibility index (Phi) is 8.52. The highest BCUT2D eigenvalue weighted by Crippen LogP contribution is 2.16. The van der Waals surface area contributed by atoms with E-state index >= 15 is 0 Å². The van der Waals surface area contributed by atoms with Crippen molar-refractivity contribution in [2.75, 3.05) is 19.8 Å². The van der Waals surface area contributed by atoms with Gasteiger partial charge in [0.15, 0.2) is 12.4 Å². The molecule has 1 unspecified atom stereocenters. The van der Waals surface area contributed by atoms with Gasteiger partial charge in [0, 0.05) is 25.1 Å². The molecule has 1 amide bonds. The van der Waals surface area contributed by atoms with E-state index in [2.05, 4.69) is 5.32 Å². The van der Waals surface area contributed by atoms with Gasteiger partial charge in [-0.3, -0.25) is 9.59 Å². The predicted molar refractivity (Wildman–Crippen MR) is 105 cm³/mol. The number of carbonyl (C=O) groups excluding carboxylic acids is 2. The number of amides is 1. The van der Waals surface area contributed by atoms with E-state index in [0.717, 1.165) is 12.0 Å². The van der Waals surface area contributed by atoms with Gasteiger partial charge in [-0.1, -0.05) is 37.3 Å². The minimum Gasteiger partial charge on any atom is -0.484 e. The standard InChI is InChI=1S/C22H27NO4/c1-3-21(24)19-10-12-20(13-11-19)27-16-22(25)23-14-7-15-26-17(2)18-8-5-4-6-9-18/h4-6,8-13,17H,3,7,14-16H2,1-2H3,(H,23,25). The van der Waals surface area contributed by atoms with Crippen LogP contribution >= 0.6 is 0 Å². The van der Waals surface area contributed by atoms with E-state index in [0.29, 0.717) is 30.9 Å². The van der Waals surface area contributed by atoms with E-state index in [1.54, 1.807) is 24.3 Å². The molecule has 0 spiro atoms. The van der Waals surface area contributed by atoms with Crippen LogP contribution in [0.15, 0.2) is 54.6 Å². The van der Waals surface area contributed by atoms with Crippen LogP contribution in [0.2, 0.25) is 0 Å². The summed E-state index contributed by atoms with van der Waals surface area (Å²) >= 11 is 0. The van der Waals surface area contributed by atoms with Crippen molar-refractivity contribution >= 4 is 11.7 Å². The Bertz CT molecular complexity index is 713. The van der Waals surface area contributed by atoms with Gasteiger partial charge in [0.05, 0.1) is 6.10 Å². The van der Waals surface area contributed by atoms with Gasteiger partial charge < -0.3 is 14.8 Å². The smallest absolute Gasteiger partial charge is 0.257 e. The van der Waals surface area contributed by atoms with E-state index in [1.165, 1.54) is 0 Å². The van der Waals surface area contributed by atoms with Crippen LogP contribution in [0.25, 0.3) is 0 Å². The van der Waals surface area contributed by atoms with Crippen LogP contribution in [0.4, 0.5) is 0 Å². The Balaban J connectivity index is 1.59. The van der Waals surface area contributed by atoms with Crippen LogP contribution in [0.3, 0.4) is 0 Å². The molecular formula is C22H27NO4. The van der Waals surface area contributed by atoms with Crippen LogP contribution < -0.4 is 10.1 Å². The molecule has 27 heavy (non-hydrogen) atoms. The van der Waals surface area contributed by atoms with Gasteiger partial charge in [0.2, 0.25) is 0 Å². The molecule has 5 nitrogen and oxygen atoms in total. The van der Waals surface area contributed by atoms with Crippen LogP contribution in [0.1, 0.15) is 48.7 Å². The number of Topliss-reactive ketones (excluding diaryl/α,β-unsaturated/α-hetero) is 1. The molecule has 0 saturated carbocycles. The third kappa shape index (κ3) is 7.23. The molecule has 1 N–H and O–H groups in total. The first-order chi connectivity index (χ1) is 13.1. The van der Waals surface area contributed by atoms with E-state index in [1.807, 2.05) is 44.2 Å². The summed E-state index contributed by atoms with van der Waals surface area (Å²) in [5, 5.41) is 2.81. The molecule has 0 radical (unpaired) electrons. The zero-order valence-electron chi connectivity index (χ0n) is 15.9. The number of hydrogen-bond donors (Lipinski definition) is 1. The summed E-state index contributed by atoms with van der Waals surface area (Å²) in [5.74, 6) is 0.473. The maximum Gasteiger partial charge on any atom is 0.257 e. The van der Waals surface area contributed by atoms with Gasteiger partial charge in [0.25, 0.3) is 5.91 Å². The highest BCUT2D eigenvalue weighted by atomic mass is 16.5. The Labute approximate surface area is 160 Å². The predicted octanol–water partition coefficient (Wildman–Crippen LogP) is 3.94. The van der Waals surface area contributed by atoms with Gasteiger partial charge >= 0.3 is 0 Å². The summed E-state index contributed by atoms with van der Waals surface area (Å²) in [7, 11) is 0. The fourth-order valence-corrected chi connectivity index (χ4v) is 2.52. The molecule has 0 aliphatic rings. The third-order valence-electron chi connectivity index (χ3n) is 4.15. The molecule has 0 aromatic heterocycles. The van der Waals surface area contributed by atoms with Crippen LogP contribution in [-0.4, -0.2) is 31.4 Å². The molecule has 2 aromatic rings. The van der Waals surface area contributed by atoms with Crippen LogP contribution in [-0.2, 0) is 9.53 Å². The summed E-state index contributed by atoms with van der Waals surface area (Å²) in [6.07, 6.45) is 1.24. The first kappa shape index (κ1) is 20.6. The van der Waals surface area contributed by atoms with Crippen molar-refractivity contribution in [1.82, 2.24) is 5.32 Å². The maximum absolute atomic E-state index is 11.8. The molecule has 0 aliphatic carbocycles. The number of carbonyl (C=O) groups is 2. The van der Waals surface area contributed by atoms with Gasteiger partial charge in [-0.2, -0.15) is 0 Å². The van der Waals surface area contributed by atoms with E-state index in [9.17, 15) is 9.59 Å². The average Bonchev–Trinajstić information content (AvgIpc) is 2.72. The van der Waals surface area contributed by atoms with Gasteiger partial charge in [-0.25, -0.2) is 0 Å². The molecule has 0 saturated heterocycles. The minimum absolute atomic E-state index is 0.0350. The first-order valence-electron chi connectivity index (χ1n) is 9.29. The van der Waals surface area contributed by atoms with Gasteiger partial charge in [-0.15, -0.1) is 0 Å². The largest absolute Gasteiger partial charge is 0.484 e. The number of ether oxygens (including phenoxy) is 2. The molecule has 2 aromatic carbocycles. The van der Waals surface area contributed by atoms with Gasteiger partial charge in [-0.05, 0) is 43.2 Å². The number of benzene rings is 2. The minimum atomic E-state index is -0.181. The molecule has 5 heteroatoms. The zero-order chi connectivity index (χ0) is 19.5. The SMILES string of the molecule is CCC(=O)c1ccc(OCC(=O)NCCCOC(C)c2ccccc2)cc1. The number of nitrogens with one attached hydrogen (secondary N) is 1. The van der Waals surface area contributed by atoms with Crippen molar-refractivity contribution in [3.8, 4) is 5.75 Å². The number of rotatable bonds is 11. The number of hydrogen-bond acceptors (Lipinski definition) is 4. The normalized spacial score (nSPS) is 11.6. The van der Waals surface area contributed by atoms with Crippen molar-refractivity contribution in [3.05, 3.63) is 65.7 Å². The molecule has 144 valence electrons. The van der Waals surface area contributed by atoms with Crippen molar-refractivity contribution < 1.29 is 19.1 Å². The van der Waals surface area contributed by atoms with Crippen LogP contribution in [0.5, 0.6) is 5.75 Å². The second-order valence-corrected chi connectivity index (χ2v) is 6.22. The lowest BCUT2D eigenvalue weighted by Crippen LogP contribution is -2.30. The fourth-order valence-electron chi connectivity index (χ4n) is 2.52. The van der Waals surface area contributed by atoms with E-state index in [-0.39, 0.29) is 24.4 Å². The summed E-state index contributed by atoms with van der Waals surface area (Å²) in [5.41, 5.74) is 1.79. The van der Waals surface area contributed by atoms with Crippen molar-refractivity contribution in [2.45, 2.75) is 32.8 Å². The van der Waals surface area contributed by atoms with Crippen molar-refractivity contribution in [2.24, 2.45) is 0 Å². The zero-order valence-corrected chi connectivity index (χ0v) is 15.9. The lowest BCUT2D eigenvalue weighted by Gasteiger charge is -2.13. The molecule has 0 heterocycles. The summed E-state index contributed by atoms with van der Waals surface area (Å²) < 4.78 is 11.2. The van der Waals surface area contributed by atoms with E-state index < -0.39 is 0 Å². The topological polar surface area (TPSA) is 64.6 Å². The molecule has 0 fully saturated rings. The quantitative estimate of drug-likeness (QED) is 0.481. The fraction of sp³-hybridized carbons (Fsp3) is 0.364. The Hall–Kier alpha value is -2.66. The second kappa shape index (κ2) is 11.1. The highest BCUT2D eigenvalue weighted by Gasteiger charge is 2.06. The monoisotopic (exact) mass is 369 g/mol. The molecular weight excluding hydrogens is 342 g/mol. The van der Waals surface area contributed by atoms with E-state index in [4.69, 9.17) is 9.47 Å². The lowest BCUT2D eigenvalue weighted by atomic mass is 10.1. The second-order valence-electron chi connectivity index (χ2n) is 6.22. The number of ketones is 1. The first-order valence-corrected chi connectivity index (χ1v) is 9.29. The van der Waals surface area contributed by atoms with Crippen LogP contribution in [0, 0.1) is 0 Å².